The SMILES string of the molecule is COc1cc(F)c(C2(O)CC2)cc1C. The van der Waals surface area contributed by atoms with Gasteiger partial charge in [0.1, 0.15) is 11.6 Å². The minimum atomic E-state index is -0.916. The van der Waals surface area contributed by atoms with Crippen LogP contribution < -0.4 is 4.74 Å². The predicted octanol–water partition coefficient (Wildman–Crippen LogP) is 2.12. The van der Waals surface area contributed by atoms with E-state index in [0.29, 0.717) is 24.2 Å². The Labute approximate surface area is 82.3 Å². The van der Waals surface area contributed by atoms with Gasteiger partial charge in [0, 0.05) is 11.6 Å². The fraction of sp³-hybridized carbons (Fsp3) is 0.455. The third kappa shape index (κ3) is 1.38. The van der Waals surface area contributed by atoms with Crippen LogP contribution in [0.2, 0.25) is 0 Å². The van der Waals surface area contributed by atoms with Crippen molar-refractivity contribution in [1.29, 1.82) is 0 Å². The number of benzene rings is 1. The minimum absolute atomic E-state index is 0.382. The van der Waals surface area contributed by atoms with Crippen LogP contribution in [-0.4, -0.2) is 12.2 Å². The van der Waals surface area contributed by atoms with E-state index in [-0.39, 0.29) is 5.82 Å². The van der Waals surface area contributed by atoms with Crippen LogP contribution in [0.3, 0.4) is 0 Å². The van der Waals surface area contributed by atoms with E-state index in [4.69, 9.17) is 4.74 Å². The molecule has 3 heteroatoms. The standard InChI is InChI=1S/C11H13FO2/c1-7-5-8(11(13)3-4-11)9(12)6-10(7)14-2/h5-6,13H,3-4H2,1-2H3. The highest BCUT2D eigenvalue weighted by Gasteiger charge is 2.44. The van der Waals surface area contributed by atoms with E-state index >= 15 is 0 Å². The Kier molecular flexibility index (Phi) is 2.00. The van der Waals surface area contributed by atoms with Crippen LogP contribution in [0.15, 0.2) is 12.1 Å². The number of aliphatic hydroxyl groups is 1. The molecule has 0 saturated heterocycles. The van der Waals surface area contributed by atoms with Crippen LogP contribution in [0.5, 0.6) is 5.75 Å². The molecule has 2 rings (SSSR count). The van der Waals surface area contributed by atoms with Crippen molar-refractivity contribution in [2.75, 3.05) is 7.11 Å². The summed E-state index contributed by atoms with van der Waals surface area (Å²) in [6.07, 6.45) is 1.30. The van der Waals surface area contributed by atoms with Crippen molar-refractivity contribution in [3.63, 3.8) is 0 Å². The maximum Gasteiger partial charge on any atom is 0.132 e. The monoisotopic (exact) mass is 196 g/mol. The number of ether oxygens (including phenoxy) is 1. The lowest BCUT2D eigenvalue weighted by Crippen LogP contribution is -2.08. The quantitative estimate of drug-likeness (QED) is 0.785. The lowest BCUT2D eigenvalue weighted by Gasteiger charge is -2.12. The van der Waals surface area contributed by atoms with Gasteiger partial charge in [0.2, 0.25) is 0 Å². The van der Waals surface area contributed by atoms with Crippen molar-refractivity contribution >= 4 is 0 Å². The van der Waals surface area contributed by atoms with E-state index in [9.17, 15) is 9.50 Å². The summed E-state index contributed by atoms with van der Waals surface area (Å²) in [4.78, 5) is 0. The Balaban J connectivity index is 2.48. The van der Waals surface area contributed by atoms with Gasteiger partial charge >= 0.3 is 0 Å². The number of rotatable bonds is 2. The van der Waals surface area contributed by atoms with Gasteiger partial charge in [-0.1, -0.05) is 0 Å². The third-order valence-electron chi connectivity index (χ3n) is 2.71. The van der Waals surface area contributed by atoms with E-state index in [2.05, 4.69) is 0 Å². The van der Waals surface area contributed by atoms with Crippen LogP contribution >= 0.6 is 0 Å². The van der Waals surface area contributed by atoms with Gasteiger partial charge in [-0.2, -0.15) is 0 Å². The van der Waals surface area contributed by atoms with Crippen molar-refractivity contribution in [2.45, 2.75) is 25.4 Å². The van der Waals surface area contributed by atoms with Gasteiger partial charge in [-0.25, -0.2) is 4.39 Å². The lowest BCUT2D eigenvalue weighted by molar-refractivity contribution is 0.146. The van der Waals surface area contributed by atoms with Crippen molar-refractivity contribution in [2.24, 2.45) is 0 Å². The molecule has 0 atom stereocenters. The first-order chi connectivity index (χ1) is 6.57. The highest BCUT2D eigenvalue weighted by Crippen LogP contribution is 2.47. The summed E-state index contributed by atoms with van der Waals surface area (Å²) in [5.41, 5.74) is 0.334. The van der Waals surface area contributed by atoms with Gasteiger partial charge in [-0.15, -0.1) is 0 Å². The van der Waals surface area contributed by atoms with Crippen LogP contribution in [0.1, 0.15) is 24.0 Å². The zero-order valence-electron chi connectivity index (χ0n) is 8.30. The lowest BCUT2D eigenvalue weighted by atomic mass is 10.0. The summed E-state index contributed by atoms with van der Waals surface area (Å²) >= 11 is 0. The van der Waals surface area contributed by atoms with Gasteiger partial charge in [-0.05, 0) is 31.4 Å². The molecular formula is C11H13FO2. The largest absolute Gasteiger partial charge is 0.496 e. The number of halogens is 1. The topological polar surface area (TPSA) is 29.5 Å². The molecular weight excluding hydrogens is 183 g/mol. The molecule has 0 bridgehead atoms. The first-order valence-electron chi connectivity index (χ1n) is 4.64. The fourth-order valence-electron chi connectivity index (χ4n) is 1.63. The highest BCUT2D eigenvalue weighted by molar-refractivity contribution is 5.41. The molecule has 0 heterocycles. The molecule has 1 N–H and O–H groups in total. The van der Waals surface area contributed by atoms with Gasteiger partial charge in [0.05, 0.1) is 12.7 Å². The molecule has 2 nitrogen and oxygen atoms in total. The molecule has 0 aromatic heterocycles. The maximum absolute atomic E-state index is 13.5. The molecule has 0 aliphatic heterocycles. The van der Waals surface area contributed by atoms with Crippen LogP contribution in [0.25, 0.3) is 0 Å². The molecule has 0 amide bonds. The summed E-state index contributed by atoms with van der Waals surface area (Å²) in [7, 11) is 1.51. The summed E-state index contributed by atoms with van der Waals surface area (Å²) in [5, 5.41) is 9.79. The summed E-state index contributed by atoms with van der Waals surface area (Å²) in [5.74, 6) is 0.142. The zero-order chi connectivity index (χ0) is 10.3. The second-order valence-corrected chi connectivity index (χ2v) is 3.83. The predicted molar refractivity (Wildman–Crippen MR) is 50.8 cm³/mol. The van der Waals surface area contributed by atoms with E-state index in [1.807, 2.05) is 6.92 Å². The molecule has 0 spiro atoms. The average molecular weight is 196 g/mol. The van der Waals surface area contributed by atoms with E-state index in [1.165, 1.54) is 13.2 Å². The van der Waals surface area contributed by atoms with Crippen molar-refractivity contribution in [1.82, 2.24) is 0 Å². The first-order valence-corrected chi connectivity index (χ1v) is 4.64. The number of methoxy groups -OCH3 is 1. The highest BCUT2D eigenvalue weighted by atomic mass is 19.1. The summed E-state index contributed by atoms with van der Waals surface area (Å²) in [6.45, 7) is 1.84. The van der Waals surface area contributed by atoms with Crippen molar-refractivity contribution < 1.29 is 14.2 Å². The van der Waals surface area contributed by atoms with Gasteiger partial charge < -0.3 is 9.84 Å². The zero-order valence-corrected chi connectivity index (χ0v) is 8.30. The first kappa shape index (κ1) is 9.46. The van der Waals surface area contributed by atoms with Crippen LogP contribution in [0, 0.1) is 12.7 Å². The van der Waals surface area contributed by atoms with Crippen LogP contribution in [-0.2, 0) is 5.60 Å². The van der Waals surface area contributed by atoms with Crippen LogP contribution in [0.4, 0.5) is 4.39 Å². The number of aryl methyl sites for hydroxylation is 1. The smallest absolute Gasteiger partial charge is 0.132 e. The average Bonchev–Trinajstić information content (AvgIpc) is 2.88. The summed E-state index contributed by atoms with van der Waals surface area (Å²) < 4.78 is 18.5. The number of hydrogen-bond acceptors (Lipinski definition) is 2. The normalized spacial score (nSPS) is 18.0. The molecule has 1 aromatic carbocycles. The van der Waals surface area contributed by atoms with E-state index in [0.717, 1.165) is 5.56 Å². The van der Waals surface area contributed by atoms with Gasteiger partial charge in [-0.3, -0.25) is 0 Å². The second-order valence-electron chi connectivity index (χ2n) is 3.83. The van der Waals surface area contributed by atoms with E-state index in [1.54, 1.807) is 6.07 Å². The van der Waals surface area contributed by atoms with Crippen molar-refractivity contribution in [3.8, 4) is 5.75 Å². The molecule has 1 aliphatic rings. The third-order valence-corrected chi connectivity index (χ3v) is 2.71. The minimum Gasteiger partial charge on any atom is -0.496 e. The van der Waals surface area contributed by atoms with E-state index < -0.39 is 5.60 Å². The Bertz CT molecular complexity index is 370. The maximum atomic E-state index is 13.5. The van der Waals surface area contributed by atoms with Gasteiger partial charge in [0.25, 0.3) is 0 Å². The molecule has 1 aliphatic carbocycles. The van der Waals surface area contributed by atoms with Gasteiger partial charge in [0.15, 0.2) is 0 Å². The Hall–Kier alpha value is -1.09. The Morgan fingerprint density at radius 2 is 2.07 bits per heavy atom. The Morgan fingerprint density at radius 3 is 2.57 bits per heavy atom. The second kappa shape index (κ2) is 2.95. The number of hydrogen-bond donors (Lipinski definition) is 1. The molecule has 0 radical (unpaired) electrons. The summed E-state index contributed by atoms with van der Waals surface area (Å²) in [6, 6.07) is 3.00. The Morgan fingerprint density at radius 1 is 1.43 bits per heavy atom. The molecule has 1 aromatic rings. The molecule has 76 valence electrons. The fourth-order valence-corrected chi connectivity index (χ4v) is 1.63. The molecule has 1 saturated carbocycles. The van der Waals surface area contributed by atoms with Crippen molar-refractivity contribution in [3.05, 3.63) is 29.1 Å². The molecule has 14 heavy (non-hydrogen) atoms. The molecule has 0 unspecified atom stereocenters. The molecule has 1 fully saturated rings.